The number of piperazine rings is 1. The zero-order valence-corrected chi connectivity index (χ0v) is 36.5. The monoisotopic (exact) mass is 896 g/mol. The number of carbonyl (C=O) groups excluding carboxylic acids is 1. The van der Waals surface area contributed by atoms with Crippen molar-refractivity contribution in [2.24, 2.45) is 0 Å². The van der Waals surface area contributed by atoms with E-state index in [1.165, 1.54) is 23.3 Å². The molecule has 1 amide bonds. The first-order chi connectivity index (χ1) is 29.9. The van der Waals surface area contributed by atoms with Crippen LogP contribution in [0.1, 0.15) is 41.6 Å². The number of sulfonamides is 1. The van der Waals surface area contributed by atoms with Gasteiger partial charge in [-0.3, -0.25) is 29.5 Å². The van der Waals surface area contributed by atoms with E-state index < -0.39 is 43.4 Å². The Morgan fingerprint density at radius 2 is 1.58 bits per heavy atom. The van der Waals surface area contributed by atoms with E-state index in [-0.39, 0.29) is 17.3 Å². The zero-order chi connectivity index (χ0) is 43.6. The third kappa shape index (κ3) is 11.5. The molecule has 2 atom stereocenters. The number of thioether (sulfide) groups is 1. The second-order valence-electron chi connectivity index (χ2n) is 15.5. The lowest BCUT2D eigenvalue weighted by Gasteiger charge is -2.36. The average molecular weight is 898 g/mol. The maximum absolute atomic E-state index is 13.5. The van der Waals surface area contributed by atoms with Crippen LogP contribution < -0.4 is 14.9 Å². The summed E-state index contributed by atoms with van der Waals surface area (Å²) in [6.45, 7) is 5.11. The van der Waals surface area contributed by atoms with E-state index in [2.05, 4.69) is 38.0 Å². The topological polar surface area (TPSA) is 165 Å². The summed E-state index contributed by atoms with van der Waals surface area (Å²) in [6.07, 6.45) is 2.80. The van der Waals surface area contributed by atoms with Gasteiger partial charge in [-0.1, -0.05) is 72.6 Å². The van der Waals surface area contributed by atoms with Crippen molar-refractivity contribution in [2.75, 3.05) is 55.2 Å². The Hall–Kier alpha value is -5.45. The minimum atomic E-state index is -4.50. The van der Waals surface area contributed by atoms with Crippen LogP contribution in [0.4, 0.5) is 17.1 Å². The Balaban J connectivity index is 0.970. The fourth-order valence-electron chi connectivity index (χ4n) is 7.98. The van der Waals surface area contributed by atoms with Crippen LogP contribution >= 0.6 is 23.4 Å². The molecule has 0 aliphatic carbocycles. The van der Waals surface area contributed by atoms with Gasteiger partial charge in [0.1, 0.15) is 11.7 Å². The highest BCUT2D eigenvalue weighted by Gasteiger charge is 2.30. The number of nitro benzene ring substituents is 1. The molecule has 5 aromatic carbocycles. The molecule has 62 heavy (non-hydrogen) atoms. The zero-order valence-electron chi connectivity index (χ0n) is 34.1. The van der Waals surface area contributed by atoms with Gasteiger partial charge >= 0.3 is 5.97 Å². The lowest BCUT2D eigenvalue weighted by Crippen LogP contribution is -2.46. The van der Waals surface area contributed by atoms with Gasteiger partial charge in [0.2, 0.25) is 0 Å². The fraction of sp³-hybridized carbons (Fsp3) is 0.304. The molecule has 13 nitrogen and oxygen atoms in total. The van der Waals surface area contributed by atoms with Crippen LogP contribution in [0, 0.1) is 10.1 Å². The van der Waals surface area contributed by atoms with E-state index in [9.17, 15) is 33.2 Å². The molecule has 0 radical (unpaired) electrons. The molecule has 0 bridgehead atoms. The van der Waals surface area contributed by atoms with Crippen molar-refractivity contribution in [1.82, 2.24) is 14.5 Å². The Labute approximate surface area is 371 Å². The summed E-state index contributed by atoms with van der Waals surface area (Å²) in [4.78, 5) is 44.1. The molecular formula is C46H49ClN6O7S2. The van der Waals surface area contributed by atoms with Crippen molar-refractivity contribution in [3.05, 3.63) is 148 Å². The molecule has 324 valence electrons. The summed E-state index contributed by atoms with van der Waals surface area (Å²) in [5.41, 5.74) is 4.20. The van der Waals surface area contributed by atoms with Crippen molar-refractivity contribution in [3.8, 4) is 11.1 Å². The number of halogens is 1. The van der Waals surface area contributed by atoms with Gasteiger partial charge in [0.05, 0.1) is 9.82 Å². The molecular weight excluding hydrogens is 848 g/mol. The fourth-order valence-corrected chi connectivity index (χ4v) is 10.1. The van der Waals surface area contributed by atoms with Crippen LogP contribution in [0.3, 0.4) is 0 Å². The Bertz CT molecular complexity index is 2450. The van der Waals surface area contributed by atoms with E-state index in [1.54, 1.807) is 36.0 Å². The molecule has 16 heteroatoms. The predicted molar refractivity (Wildman–Crippen MR) is 245 cm³/mol. The number of aliphatic carboxylic acids is 1. The summed E-state index contributed by atoms with van der Waals surface area (Å²) >= 11 is 7.68. The van der Waals surface area contributed by atoms with Crippen molar-refractivity contribution in [2.45, 2.75) is 54.1 Å². The van der Waals surface area contributed by atoms with E-state index in [0.717, 1.165) is 67.8 Å². The molecule has 2 heterocycles. The van der Waals surface area contributed by atoms with Crippen LogP contribution in [-0.2, 0) is 21.4 Å². The molecule has 0 unspecified atom stereocenters. The van der Waals surface area contributed by atoms with Crippen LogP contribution in [0.2, 0.25) is 5.02 Å². The summed E-state index contributed by atoms with van der Waals surface area (Å²) in [5, 5.41) is 26.1. The second-order valence-corrected chi connectivity index (χ2v) is 18.7. The first-order valence-corrected chi connectivity index (χ1v) is 23.5. The number of rotatable bonds is 17. The molecule has 0 saturated carbocycles. The summed E-state index contributed by atoms with van der Waals surface area (Å²) in [5.74, 6) is -1.21. The largest absolute Gasteiger partial charge is 0.480 e. The van der Waals surface area contributed by atoms with E-state index >= 15 is 0 Å². The number of nitrogens with zero attached hydrogens (tertiary/aromatic N) is 4. The predicted octanol–water partition coefficient (Wildman–Crippen LogP) is 8.26. The van der Waals surface area contributed by atoms with Crippen molar-refractivity contribution < 1.29 is 28.0 Å². The van der Waals surface area contributed by atoms with Gasteiger partial charge in [0.25, 0.3) is 21.6 Å². The van der Waals surface area contributed by atoms with Gasteiger partial charge in [-0.25, -0.2) is 13.1 Å². The minimum Gasteiger partial charge on any atom is -0.480 e. The third-order valence-corrected chi connectivity index (χ3v) is 14.1. The number of benzene rings is 5. The summed E-state index contributed by atoms with van der Waals surface area (Å²) < 4.78 is 29.1. The quantitative estimate of drug-likeness (QED) is 0.0466. The van der Waals surface area contributed by atoms with Gasteiger partial charge in [-0.05, 0) is 103 Å². The number of hydrogen-bond donors (Lipinski definition) is 3. The van der Waals surface area contributed by atoms with E-state index in [1.807, 2.05) is 65.6 Å². The smallest absolute Gasteiger partial charge is 0.320 e. The van der Waals surface area contributed by atoms with Gasteiger partial charge in [-0.2, -0.15) is 0 Å². The summed E-state index contributed by atoms with van der Waals surface area (Å²) in [7, 11) is -4.50. The Kier molecular flexibility index (Phi) is 14.8. The lowest BCUT2D eigenvalue weighted by molar-refractivity contribution is -0.384. The number of amides is 1. The van der Waals surface area contributed by atoms with E-state index in [4.69, 9.17) is 11.6 Å². The SMILES string of the molecule is O=C(NS(=O)(=O)c1ccc(N[C@H](CCN2CCCC[C@H]2C(=O)O)CSc2ccccc2)c([N+](=O)[O-])c1)c1ccc(N2CCN(Cc3ccccc3-c3ccc(Cl)cc3)CC2)cc1. The normalized spacial score (nSPS) is 16.7. The second kappa shape index (κ2) is 20.6. The number of carbonyl (C=O) groups is 2. The number of carboxylic acid groups (broad SMARTS) is 1. The highest BCUT2D eigenvalue weighted by molar-refractivity contribution is 7.99. The maximum Gasteiger partial charge on any atom is 0.320 e. The van der Waals surface area contributed by atoms with E-state index in [0.29, 0.717) is 36.7 Å². The molecule has 0 aromatic heterocycles. The average Bonchev–Trinajstić information content (AvgIpc) is 3.28. The number of likely N-dealkylation sites (tertiary alicyclic amines) is 1. The van der Waals surface area contributed by atoms with Crippen LogP contribution in [0.15, 0.2) is 131 Å². The first kappa shape index (κ1) is 44.6. The molecule has 2 saturated heterocycles. The van der Waals surface area contributed by atoms with Gasteiger partial charge < -0.3 is 15.3 Å². The molecule has 7 rings (SSSR count). The molecule has 2 aliphatic heterocycles. The van der Waals surface area contributed by atoms with Gasteiger partial charge in [-0.15, -0.1) is 11.8 Å². The van der Waals surface area contributed by atoms with Gasteiger partial charge in [0, 0.05) is 78.3 Å². The van der Waals surface area contributed by atoms with Crippen LogP contribution in [0.25, 0.3) is 11.1 Å². The van der Waals surface area contributed by atoms with Crippen LogP contribution in [-0.4, -0.2) is 97.2 Å². The van der Waals surface area contributed by atoms with Crippen molar-refractivity contribution in [3.63, 3.8) is 0 Å². The summed E-state index contributed by atoms with van der Waals surface area (Å²) in [6, 6.07) is 35.2. The Morgan fingerprint density at radius 3 is 2.29 bits per heavy atom. The minimum absolute atomic E-state index is 0.117. The molecule has 2 aliphatic rings. The number of anilines is 2. The maximum atomic E-state index is 13.5. The van der Waals surface area contributed by atoms with Crippen LogP contribution in [0.5, 0.6) is 0 Å². The number of nitro groups is 1. The highest BCUT2D eigenvalue weighted by atomic mass is 35.5. The molecule has 3 N–H and O–H groups in total. The lowest BCUT2D eigenvalue weighted by atomic mass is 9.99. The molecule has 0 spiro atoms. The number of piperidine rings is 1. The number of carboxylic acids is 1. The molecule has 2 fully saturated rings. The van der Waals surface area contributed by atoms with Crippen molar-refractivity contribution >= 4 is 62.3 Å². The number of hydrogen-bond acceptors (Lipinski definition) is 11. The molecule has 5 aromatic rings. The standard InChI is InChI=1S/C46H49ClN6O7S2/c47-36-17-13-33(14-18-36)41-11-5-4-8-35(41)31-50-26-28-51(29-27-50)38-19-15-34(16-20-38)45(54)49-62(59,60)40-21-22-42(44(30-40)53(57)58)48-37(32-61-39-9-2-1-3-10-39)23-25-52-24-7-6-12-43(52)46(55)56/h1-5,8-11,13-22,30,37,43,48H,6-7,12,23-29,31-32H2,(H,49,54)(H,55,56)/t37-,43+/m1/s1. The highest BCUT2D eigenvalue weighted by Crippen LogP contribution is 2.31. The number of nitrogens with one attached hydrogen (secondary N) is 2. The first-order valence-electron chi connectivity index (χ1n) is 20.6. The Morgan fingerprint density at radius 1 is 0.871 bits per heavy atom. The van der Waals surface area contributed by atoms with Gasteiger partial charge in [0.15, 0.2) is 0 Å². The van der Waals surface area contributed by atoms with Crippen molar-refractivity contribution in [1.29, 1.82) is 0 Å². The third-order valence-electron chi connectivity index (χ3n) is 11.4.